The molecule has 0 aromatic heterocycles. The summed E-state index contributed by atoms with van der Waals surface area (Å²) in [5, 5.41) is 17.1. The van der Waals surface area contributed by atoms with Gasteiger partial charge in [0.05, 0.1) is 0 Å². The predicted molar refractivity (Wildman–Crippen MR) is 238 cm³/mol. The Balaban J connectivity index is 0.966. The third-order valence-electron chi connectivity index (χ3n) is 13.7. The monoisotopic (exact) mass is 742 g/mol. The first-order valence-corrected chi connectivity index (χ1v) is 24.5. The van der Waals surface area contributed by atoms with E-state index in [-0.39, 0.29) is 15.8 Å². The molecule has 2 nitrogen and oxygen atoms in total. The lowest BCUT2D eigenvalue weighted by Crippen LogP contribution is -2.38. The van der Waals surface area contributed by atoms with Gasteiger partial charge in [-0.05, 0) is 113 Å². The van der Waals surface area contributed by atoms with E-state index in [1.807, 2.05) is 0 Å². The number of benzene rings is 8. The number of nitrogens with zero attached hydrogens (tertiary/aromatic N) is 2. The number of hydrogen-bond donors (Lipinski definition) is 0. The smallest absolute Gasteiger partial charge is 0.0247 e. The zero-order valence-corrected chi connectivity index (χ0v) is 33.4. The summed E-state index contributed by atoms with van der Waals surface area (Å²) in [5.74, 6) is 0. The molecule has 8 aromatic carbocycles. The fraction of sp³-hybridized carbons (Fsp3) is 0.360. The van der Waals surface area contributed by atoms with Crippen molar-refractivity contribution in [2.75, 3.05) is 25.1 Å². The molecular weight excluding hydrogens is 691 g/mol. The van der Waals surface area contributed by atoms with E-state index in [1.165, 1.54) is 154 Å². The summed E-state index contributed by atoms with van der Waals surface area (Å²) in [6, 6.07) is 42.5. The Morgan fingerprint density at radius 1 is 0.370 bits per heavy atom. The molecule has 0 spiro atoms. The Bertz CT molecular complexity index is 2360. The summed E-state index contributed by atoms with van der Waals surface area (Å²) in [6.07, 6.45) is 19.6. The van der Waals surface area contributed by atoms with Crippen LogP contribution in [-0.2, 0) is 13.1 Å². The third kappa shape index (κ3) is 6.08. The van der Waals surface area contributed by atoms with E-state index in [0.717, 1.165) is 24.4 Å². The largest absolute Gasteiger partial charge is 0.291 e. The van der Waals surface area contributed by atoms with Crippen LogP contribution in [0.5, 0.6) is 0 Å². The zero-order valence-electron chi connectivity index (χ0n) is 31.6. The van der Waals surface area contributed by atoms with Gasteiger partial charge in [0, 0.05) is 38.2 Å². The molecule has 0 radical (unpaired) electrons. The minimum Gasteiger partial charge on any atom is -0.291 e. The van der Waals surface area contributed by atoms with E-state index < -0.39 is 0 Å². The van der Waals surface area contributed by atoms with Crippen LogP contribution in [0.2, 0.25) is 0 Å². The second-order valence-electron chi connectivity index (χ2n) is 17.1. The first-order chi connectivity index (χ1) is 26.7. The van der Waals surface area contributed by atoms with Crippen LogP contribution in [-0.4, -0.2) is 46.3 Å². The van der Waals surface area contributed by atoms with Crippen molar-refractivity contribution in [1.82, 2.24) is 9.80 Å². The number of rotatable bonds is 6. The fourth-order valence-corrected chi connectivity index (χ4v) is 17.6. The van der Waals surface area contributed by atoms with Gasteiger partial charge in [0.2, 0.25) is 0 Å². The molecule has 2 aliphatic carbocycles. The van der Waals surface area contributed by atoms with Crippen LogP contribution >= 0.6 is 15.8 Å². The maximum atomic E-state index is 3.03. The minimum atomic E-state index is -0.145. The molecule has 8 aromatic rings. The third-order valence-corrected chi connectivity index (χ3v) is 19.9. The molecule has 2 saturated carbocycles. The van der Waals surface area contributed by atoms with Crippen molar-refractivity contribution in [2.24, 2.45) is 0 Å². The van der Waals surface area contributed by atoms with Gasteiger partial charge in [0.25, 0.3) is 0 Å². The molecule has 0 N–H and O–H groups in total. The first kappa shape index (κ1) is 33.9. The molecule has 3 aliphatic rings. The van der Waals surface area contributed by atoms with E-state index in [9.17, 15) is 0 Å². The molecule has 0 bridgehead atoms. The second-order valence-corrected chi connectivity index (χ2v) is 22.1. The topological polar surface area (TPSA) is 6.48 Å². The summed E-state index contributed by atoms with van der Waals surface area (Å²) < 4.78 is 0. The second kappa shape index (κ2) is 14.3. The highest BCUT2D eigenvalue weighted by atomic mass is 31.1. The van der Waals surface area contributed by atoms with Gasteiger partial charge < -0.3 is 0 Å². The van der Waals surface area contributed by atoms with Crippen molar-refractivity contribution in [3.8, 4) is 0 Å². The van der Waals surface area contributed by atoms with Crippen molar-refractivity contribution in [3.63, 3.8) is 0 Å². The van der Waals surface area contributed by atoms with E-state index in [4.69, 9.17) is 0 Å². The molecule has 54 heavy (non-hydrogen) atoms. The molecule has 272 valence electrons. The summed E-state index contributed by atoms with van der Waals surface area (Å²) >= 11 is 0. The summed E-state index contributed by atoms with van der Waals surface area (Å²) in [4.78, 5) is 6.06. The molecule has 1 heterocycles. The van der Waals surface area contributed by atoms with Crippen LogP contribution in [0.3, 0.4) is 0 Å². The standard InChI is InChI=1S/C50H52N2P2/c1-3-13-43(14-4-1)53-31-51(29-41-23-21-39-19-17-35-9-7-11-37-25-27-45(41)49(39)47(35)37)33-54(44-15-5-2-6-16-44)34-52(32-53)30-42-24-22-40-20-18-36-10-8-12-38-26-28-46(42)50(40)48(36)38/h7-12,17-28,43-44H,1-6,13-16,29-34H2. The molecule has 0 amide bonds. The van der Waals surface area contributed by atoms with Crippen LogP contribution in [0, 0.1) is 0 Å². The van der Waals surface area contributed by atoms with Gasteiger partial charge in [0.15, 0.2) is 0 Å². The van der Waals surface area contributed by atoms with Crippen molar-refractivity contribution < 1.29 is 0 Å². The highest BCUT2D eigenvalue weighted by molar-refractivity contribution is 7.60. The van der Waals surface area contributed by atoms with Crippen LogP contribution in [0.1, 0.15) is 75.3 Å². The Morgan fingerprint density at radius 3 is 1.09 bits per heavy atom. The normalized spacial score (nSPS) is 22.0. The van der Waals surface area contributed by atoms with Gasteiger partial charge in [-0.15, -0.1) is 0 Å². The highest BCUT2D eigenvalue weighted by Crippen LogP contribution is 2.56. The summed E-state index contributed by atoms with van der Waals surface area (Å²) in [6.45, 7) is 2.20. The molecule has 4 heteroatoms. The highest BCUT2D eigenvalue weighted by Gasteiger charge is 2.34. The SMILES string of the molecule is c1cc2ccc3ccc(CN4CP(C5CCCCC5)CN(Cc5ccc6ccc7cccc8ccc5c6c78)CP(C5CCCCC5)C4)c4ccc(c1)c2c34. The summed E-state index contributed by atoms with van der Waals surface area (Å²) in [5.41, 5.74) is 4.90. The van der Waals surface area contributed by atoms with Gasteiger partial charge >= 0.3 is 0 Å². The Kier molecular flexibility index (Phi) is 8.97. The van der Waals surface area contributed by atoms with Crippen LogP contribution in [0.15, 0.2) is 109 Å². The van der Waals surface area contributed by atoms with Gasteiger partial charge in [-0.1, -0.05) is 164 Å². The quantitative estimate of drug-likeness (QED) is 0.124. The molecule has 3 fully saturated rings. The average Bonchev–Trinajstić information content (AvgIpc) is 3.22. The van der Waals surface area contributed by atoms with E-state index in [0.29, 0.717) is 0 Å². The molecule has 0 atom stereocenters. The van der Waals surface area contributed by atoms with Gasteiger partial charge in [0.1, 0.15) is 0 Å². The Labute approximate surface area is 323 Å². The van der Waals surface area contributed by atoms with Gasteiger partial charge in [-0.25, -0.2) is 0 Å². The zero-order chi connectivity index (χ0) is 35.6. The molecular formula is C50H52N2P2. The van der Waals surface area contributed by atoms with Crippen molar-refractivity contribution >= 4 is 80.5 Å². The van der Waals surface area contributed by atoms with Crippen molar-refractivity contribution in [1.29, 1.82) is 0 Å². The fourth-order valence-electron chi connectivity index (χ4n) is 11.1. The van der Waals surface area contributed by atoms with Gasteiger partial charge in [-0.2, -0.15) is 0 Å². The lowest BCUT2D eigenvalue weighted by atomic mass is 9.92. The maximum absolute atomic E-state index is 3.03. The van der Waals surface area contributed by atoms with Crippen molar-refractivity contribution in [3.05, 3.63) is 120 Å². The number of hydrogen-bond acceptors (Lipinski definition) is 2. The lowest BCUT2D eigenvalue weighted by molar-refractivity contribution is 0.322. The lowest BCUT2D eigenvalue weighted by Gasteiger charge is -2.45. The maximum Gasteiger partial charge on any atom is 0.0247 e. The van der Waals surface area contributed by atoms with E-state index in [2.05, 4.69) is 119 Å². The van der Waals surface area contributed by atoms with Crippen LogP contribution < -0.4 is 0 Å². The van der Waals surface area contributed by atoms with Crippen LogP contribution in [0.25, 0.3) is 64.6 Å². The van der Waals surface area contributed by atoms with E-state index in [1.54, 1.807) is 11.1 Å². The Hall–Kier alpha value is -3.38. The molecule has 1 saturated heterocycles. The molecule has 0 unspecified atom stereocenters. The summed E-state index contributed by atoms with van der Waals surface area (Å²) in [7, 11) is -0.289. The molecule has 11 rings (SSSR count). The Morgan fingerprint density at radius 2 is 0.704 bits per heavy atom. The van der Waals surface area contributed by atoms with Gasteiger partial charge in [-0.3, -0.25) is 9.80 Å². The van der Waals surface area contributed by atoms with Crippen LogP contribution in [0.4, 0.5) is 0 Å². The van der Waals surface area contributed by atoms with Crippen molar-refractivity contribution in [2.45, 2.75) is 88.6 Å². The molecule has 1 aliphatic heterocycles. The average molecular weight is 743 g/mol. The van der Waals surface area contributed by atoms with E-state index >= 15 is 0 Å². The predicted octanol–water partition coefficient (Wildman–Crippen LogP) is 14.3. The minimum absolute atomic E-state index is 0.145. The first-order valence-electron chi connectivity index (χ1n) is 21.0.